The van der Waals surface area contributed by atoms with E-state index in [0.717, 1.165) is 30.3 Å². The number of benzene rings is 2. The van der Waals surface area contributed by atoms with E-state index in [1.54, 1.807) is 0 Å². The molecule has 0 saturated carbocycles. The van der Waals surface area contributed by atoms with Crippen LogP contribution in [0.25, 0.3) is 0 Å². The van der Waals surface area contributed by atoms with Crippen molar-refractivity contribution in [3.05, 3.63) is 57.1 Å². The third kappa shape index (κ3) is 5.50. The Kier molecular flexibility index (Phi) is 7.12. The Morgan fingerprint density at radius 3 is 2.43 bits per heavy atom. The van der Waals surface area contributed by atoms with E-state index in [4.69, 9.17) is 26.6 Å². The van der Waals surface area contributed by atoms with Gasteiger partial charge < -0.3 is 15.0 Å². The maximum atomic E-state index is 13.1. The minimum atomic E-state index is -4.60. The predicted octanol–water partition coefficient (Wildman–Crippen LogP) is 4.48. The number of carbonyl (C=O) groups is 1. The summed E-state index contributed by atoms with van der Waals surface area (Å²) in [5.74, 6) is -1.17. The van der Waals surface area contributed by atoms with Crippen LogP contribution in [0.4, 0.5) is 18.9 Å². The van der Waals surface area contributed by atoms with Gasteiger partial charge in [-0.05, 0) is 24.3 Å². The average Bonchev–Trinajstić information content (AvgIpc) is 2.66. The van der Waals surface area contributed by atoms with Gasteiger partial charge in [-0.25, -0.2) is 0 Å². The van der Waals surface area contributed by atoms with Gasteiger partial charge in [0, 0.05) is 18.3 Å². The van der Waals surface area contributed by atoms with Crippen LogP contribution in [-0.4, -0.2) is 23.6 Å². The minimum Gasteiger partial charge on any atom is -0.456 e. The van der Waals surface area contributed by atoms with Gasteiger partial charge in [0.1, 0.15) is 23.4 Å². The first-order valence-electron chi connectivity index (χ1n) is 8.23. The van der Waals surface area contributed by atoms with Gasteiger partial charge in [0.2, 0.25) is 13.3 Å². The molecule has 0 radical (unpaired) electrons. The molecule has 0 heterocycles. The molecule has 13 heteroatoms. The summed E-state index contributed by atoms with van der Waals surface area (Å²) in [6.07, 6.45) is -4.79. The number of hydrogen-bond acceptors (Lipinski definition) is 6. The highest BCUT2D eigenvalue weighted by molar-refractivity contribution is 7.67. The maximum absolute atomic E-state index is 13.1. The zero-order chi connectivity index (χ0) is 22.7. The number of nitro groups is 1. The van der Waals surface area contributed by atoms with Crippen molar-refractivity contribution < 1.29 is 36.7 Å². The fraction of sp³-hybridized carbons (Fsp3) is 0.235. The van der Waals surface area contributed by atoms with Gasteiger partial charge >= 0.3 is 6.18 Å². The first kappa shape index (κ1) is 23.7. The van der Waals surface area contributed by atoms with Crippen molar-refractivity contribution in [2.45, 2.75) is 13.1 Å². The molecular weight excluding hydrogens is 452 g/mol. The maximum Gasteiger partial charge on any atom is 0.416 e. The van der Waals surface area contributed by atoms with E-state index in [9.17, 15) is 32.6 Å². The van der Waals surface area contributed by atoms with Crippen LogP contribution >= 0.6 is 19.0 Å². The third-order valence-corrected chi connectivity index (χ3v) is 6.60. The molecule has 1 atom stereocenters. The number of primary amides is 1. The van der Waals surface area contributed by atoms with Gasteiger partial charge in [-0.3, -0.25) is 19.5 Å². The Morgan fingerprint density at radius 2 is 1.93 bits per heavy atom. The van der Waals surface area contributed by atoms with Crippen LogP contribution in [0.5, 0.6) is 11.5 Å². The molecule has 0 fully saturated rings. The number of carbonyl (C=O) groups excluding carboxylic acids is 1. The topological polar surface area (TPSA) is 122 Å². The van der Waals surface area contributed by atoms with Crippen LogP contribution in [0.15, 0.2) is 36.4 Å². The summed E-state index contributed by atoms with van der Waals surface area (Å²) >= 11 is 5.84. The van der Waals surface area contributed by atoms with E-state index in [1.807, 2.05) is 0 Å². The van der Waals surface area contributed by atoms with Crippen LogP contribution < -0.4 is 15.8 Å². The Bertz CT molecular complexity index is 1030. The zero-order valence-corrected chi connectivity index (χ0v) is 17.0. The number of ether oxygens (including phenoxy) is 1. The summed E-state index contributed by atoms with van der Waals surface area (Å²) in [6, 6.07) is 5.60. The van der Waals surface area contributed by atoms with Crippen molar-refractivity contribution in [3.8, 4) is 11.5 Å². The molecule has 2 aromatic carbocycles. The number of nitrogens with zero attached hydrogens (tertiary/aromatic N) is 1. The molecular formula is C17H15ClF3N2O6P. The van der Waals surface area contributed by atoms with Crippen molar-refractivity contribution in [2.75, 3.05) is 12.8 Å². The molecule has 1 amide bonds. The lowest BCUT2D eigenvalue weighted by Gasteiger charge is -2.17. The SMILES string of the molecule is CCP(=O)(OCC(N)=O)c1cc(Oc2ccc(C(F)(F)F)cc2Cl)ccc1[N+](=O)[O-]. The summed E-state index contributed by atoms with van der Waals surface area (Å²) in [6.45, 7) is 0.712. The highest BCUT2D eigenvalue weighted by Crippen LogP contribution is 2.48. The van der Waals surface area contributed by atoms with Gasteiger partial charge in [0.05, 0.1) is 15.5 Å². The van der Waals surface area contributed by atoms with Gasteiger partial charge in [-0.1, -0.05) is 18.5 Å². The predicted molar refractivity (Wildman–Crippen MR) is 103 cm³/mol. The van der Waals surface area contributed by atoms with Gasteiger partial charge in [-0.2, -0.15) is 13.2 Å². The third-order valence-electron chi connectivity index (χ3n) is 3.83. The first-order chi connectivity index (χ1) is 13.9. The second-order valence-corrected chi connectivity index (χ2v) is 9.01. The molecule has 0 saturated heterocycles. The summed E-state index contributed by atoms with van der Waals surface area (Å²) in [7, 11) is -3.88. The molecule has 0 aliphatic heterocycles. The lowest BCUT2D eigenvalue weighted by Crippen LogP contribution is -2.21. The molecule has 2 aromatic rings. The molecule has 30 heavy (non-hydrogen) atoms. The van der Waals surface area contributed by atoms with Gasteiger partial charge in [-0.15, -0.1) is 0 Å². The lowest BCUT2D eigenvalue weighted by molar-refractivity contribution is -0.383. The van der Waals surface area contributed by atoms with Crippen LogP contribution in [0.2, 0.25) is 5.02 Å². The smallest absolute Gasteiger partial charge is 0.416 e. The van der Waals surface area contributed by atoms with Crippen molar-refractivity contribution in [1.82, 2.24) is 0 Å². The highest BCUT2D eigenvalue weighted by Gasteiger charge is 2.34. The van der Waals surface area contributed by atoms with Crippen molar-refractivity contribution in [2.24, 2.45) is 5.73 Å². The number of alkyl halides is 3. The van der Waals surface area contributed by atoms with Crippen molar-refractivity contribution in [3.63, 3.8) is 0 Å². The monoisotopic (exact) mass is 466 g/mol. The molecule has 0 aliphatic rings. The normalized spacial score (nSPS) is 13.5. The number of halogens is 4. The standard InChI is InChI=1S/C17H15ClF3N2O6P/c1-2-30(27,28-9-16(22)24)15-8-11(4-5-13(15)23(25)26)29-14-6-3-10(7-12(14)18)17(19,20)21/h3-8H,2,9H2,1H3,(H2,22,24). The molecule has 1 unspecified atom stereocenters. The average molecular weight is 467 g/mol. The van der Waals surface area contributed by atoms with Crippen LogP contribution in [0, 0.1) is 10.1 Å². The van der Waals surface area contributed by atoms with E-state index in [1.165, 1.54) is 6.92 Å². The van der Waals surface area contributed by atoms with Crippen LogP contribution in [-0.2, 0) is 20.1 Å². The van der Waals surface area contributed by atoms with Gasteiger partial charge in [0.15, 0.2) is 0 Å². The van der Waals surface area contributed by atoms with E-state index >= 15 is 0 Å². The van der Waals surface area contributed by atoms with E-state index in [2.05, 4.69) is 0 Å². The molecule has 2 rings (SSSR count). The lowest BCUT2D eigenvalue weighted by atomic mass is 10.2. The summed E-state index contributed by atoms with van der Waals surface area (Å²) < 4.78 is 61.9. The van der Waals surface area contributed by atoms with Gasteiger partial charge in [0.25, 0.3) is 5.69 Å². The summed E-state index contributed by atoms with van der Waals surface area (Å²) in [5, 5.41) is 10.7. The second kappa shape index (κ2) is 9.03. The Morgan fingerprint density at radius 1 is 1.27 bits per heavy atom. The first-order valence-corrected chi connectivity index (χ1v) is 10.4. The van der Waals surface area contributed by atoms with E-state index in [0.29, 0.717) is 6.07 Å². The van der Waals surface area contributed by atoms with E-state index < -0.39 is 42.2 Å². The Balaban J connectivity index is 2.46. The molecule has 162 valence electrons. The van der Waals surface area contributed by atoms with Crippen LogP contribution in [0.3, 0.4) is 0 Å². The molecule has 8 nitrogen and oxygen atoms in total. The summed E-state index contributed by atoms with van der Waals surface area (Å²) in [5.41, 5.74) is 3.45. The summed E-state index contributed by atoms with van der Waals surface area (Å²) in [4.78, 5) is 21.5. The zero-order valence-electron chi connectivity index (χ0n) is 15.3. The number of hydrogen-bond donors (Lipinski definition) is 1. The molecule has 0 aromatic heterocycles. The number of nitro benzene ring substituents is 1. The highest BCUT2D eigenvalue weighted by atomic mass is 35.5. The minimum absolute atomic E-state index is 0.0893. The van der Waals surface area contributed by atoms with Crippen molar-refractivity contribution >= 4 is 35.9 Å². The fourth-order valence-electron chi connectivity index (χ4n) is 2.38. The van der Waals surface area contributed by atoms with Crippen molar-refractivity contribution in [1.29, 1.82) is 0 Å². The quantitative estimate of drug-likeness (QED) is 0.347. The van der Waals surface area contributed by atoms with E-state index in [-0.39, 0.29) is 28.0 Å². The molecule has 0 spiro atoms. The molecule has 0 aliphatic carbocycles. The molecule has 2 N–H and O–H groups in total. The molecule has 0 bridgehead atoms. The van der Waals surface area contributed by atoms with Crippen LogP contribution in [0.1, 0.15) is 12.5 Å². The number of amides is 1. The fourth-order valence-corrected chi connectivity index (χ4v) is 4.43. The number of rotatable bonds is 8. The Labute approximate surface area is 173 Å². The number of nitrogens with two attached hydrogens (primary N) is 1. The Hall–Kier alpha value is -2.62. The largest absolute Gasteiger partial charge is 0.456 e. The second-order valence-electron chi connectivity index (χ2n) is 5.88.